The Bertz CT molecular complexity index is 759. The molecule has 0 spiro atoms. The van der Waals surface area contributed by atoms with Crippen molar-refractivity contribution in [1.82, 2.24) is 5.43 Å². The smallest absolute Gasteiger partial charge is 0.267 e. The van der Waals surface area contributed by atoms with Crippen LogP contribution in [-0.2, 0) is 0 Å². The van der Waals surface area contributed by atoms with Gasteiger partial charge in [0.25, 0.3) is 11.6 Å². The molecule has 22 heavy (non-hydrogen) atoms. The van der Waals surface area contributed by atoms with Crippen molar-refractivity contribution in [1.29, 1.82) is 0 Å². The maximum atomic E-state index is 13.6. The monoisotopic (exact) mass is 301 g/mol. The molecular weight excluding hydrogens is 289 g/mol. The SMILES string of the molecule is C/C(=N/NC(=O)c1cccc([N+](=O)[O-])c1)c1ccccc1F. The molecule has 0 aliphatic heterocycles. The number of rotatable bonds is 4. The molecule has 0 aliphatic carbocycles. The molecule has 0 aliphatic rings. The zero-order valence-corrected chi connectivity index (χ0v) is 11.6. The summed E-state index contributed by atoms with van der Waals surface area (Å²) in [4.78, 5) is 22.0. The zero-order valence-electron chi connectivity index (χ0n) is 11.6. The molecule has 0 aromatic heterocycles. The number of nitrogens with one attached hydrogen (secondary N) is 1. The Morgan fingerprint density at radius 1 is 1.23 bits per heavy atom. The quantitative estimate of drug-likeness (QED) is 0.535. The molecule has 1 N–H and O–H groups in total. The van der Waals surface area contributed by atoms with E-state index in [2.05, 4.69) is 10.5 Å². The summed E-state index contributed by atoms with van der Waals surface area (Å²) in [5, 5.41) is 14.5. The fourth-order valence-corrected chi connectivity index (χ4v) is 1.77. The molecule has 2 aromatic carbocycles. The molecular formula is C15H12FN3O3. The fourth-order valence-electron chi connectivity index (χ4n) is 1.77. The first-order chi connectivity index (χ1) is 10.5. The van der Waals surface area contributed by atoms with Gasteiger partial charge in [-0.3, -0.25) is 14.9 Å². The molecule has 0 saturated carbocycles. The van der Waals surface area contributed by atoms with Crippen molar-refractivity contribution in [2.45, 2.75) is 6.92 Å². The Morgan fingerprint density at radius 2 is 1.95 bits per heavy atom. The third kappa shape index (κ3) is 3.51. The lowest BCUT2D eigenvalue weighted by atomic mass is 10.1. The molecule has 2 rings (SSSR count). The van der Waals surface area contributed by atoms with Crippen molar-refractivity contribution >= 4 is 17.3 Å². The van der Waals surface area contributed by atoms with Crippen molar-refractivity contribution in [2.24, 2.45) is 5.10 Å². The van der Waals surface area contributed by atoms with Gasteiger partial charge >= 0.3 is 0 Å². The number of carbonyl (C=O) groups is 1. The van der Waals surface area contributed by atoms with Crippen LogP contribution < -0.4 is 5.43 Å². The van der Waals surface area contributed by atoms with E-state index in [4.69, 9.17) is 0 Å². The minimum atomic E-state index is -0.612. The van der Waals surface area contributed by atoms with Crippen LogP contribution in [0.5, 0.6) is 0 Å². The summed E-state index contributed by atoms with van der Waals surface area (Å²) in [7, 11) is 0. The maximum Gasteiger partial charge on any atom is 0.271 e. The number of halogens is 1. The Morgan fingerprint density at radius 3 is 2.64 bits per heavy atom. The van der Waals surface area contributed by atoms with E-state index in [0.29, 0.717) is 0 Å². The highest BCUT2D eigenvalue weighted by atomic mass is 19.1. The molecule has 0 saturated heterocycles. The molecule has 1 amide bonds. The topological polar surface area (TPSA) is 84.6 Å². The molecule has 112 valence electrons. The summed E-state index contributed by atoms with van der Waals surface area (Å²) >= 11 is 0. The third-order valence-corrected chi connectivity index (χ3v) is 2.91. The van der Waals surface area contributed by atoms with Gasteiger partial charge in [0.2, 0.25) is 0 Å². The van der Waals surface area contributed by atoms with Crippen LogP contribution >= 0.6 is 0 Å². The summed E-state index contributed by atoms with van der Waals surface area (Å²) < 4.78 is 13.6. The van der Waals surface area contributed by atoms with E-state index in [0.717, 1.165) is 6.07 Å². The van der Waals surface area contributed by atoms with Crippen LogP contribution in [0, 0.1) is 15.9 Å². The van der Waals surface area contributed by atoms with Gasteiger partial charge in [0.05, 0.1) is 10.6 Å². The normalized spacial score (nSPS) is 11.1. The second-order valence-corrected chi connectivity index (χ2v) is 4.43. The number of nitrogens with zero attached hydrogens (tertiary/aromatic N) is 2. The standard InChI is InChI=1S/C15H12FN3O3/c1-10(13-7-2-3-8-14(13)16)17-18-15(20)11-5-4-6-12(9-11)19(21)22/h2-9H,1H3,(H,18,20)/b17-10-. The minimum absolute atomic E-state index is 0.0966. The second kappa shape index (κ2) is 6.57. The van der Waals surface area contributed by atoms with Crippen molar-refractivity contribution in [2.75, 3.05) is 0 Å². The number of non-ortho nitro benzene ring substituents is 1. The van der Waals surface area contributed by atoms with E-state index >= 15 is 0 Å². The van der Waals surface area contributed by atoms with Crippen LogP contribution in [0.2, 0.25) is 0 Å². The molecule has 0 fully saturated rings. The first kappa shape index (κ1) is 15.3. The number of carbonyl (C=O) groups excluding carboxylic acids is 1. The van der Waals surface area contributed by atoms with Crippen LogP contribution in [0.3, 0.4) is 0 Å². The first-order valence-electron chi connectivity index (χ1n) is 6.33. The van der Waals surface area contributed by atoms with E-state index in [1.54, 1.807) is 19.1 Å². The highest BCUT2D eigenvalue weighted by molar-refractivity contribution is 6.01. The van der Waals surface area contributed by atoms with Gasteiger partial charge < -0.3 is 0 Å². The third-order valence-electron chi connectivity index (χ3n) is 2.91. The largest absolute Gasteiger partial charge is 0.271 e. The number of hydrogen-bond acceptors (Lipinski definition) is 4. The predicted octanol–water partition coefficient (Wildman–Crippen LogP) is 2.89. The fraction of sp³-hybridized carbons (Fsp3) is 0.0667. The lowest BCUT2D eigenvalue weighted by molar-refractivity contribution is -0.384. The average molecular weight is 301 g/mol. The molecule has 0 atom stereocenters. The summed E-state index contributed by atoms with van der Waals surface area (Å²) in [6.07, 6.45) is 0. The van der Waals surface area contributed by atoms with E-state index in [9.17, 15) is 19.3 Å². The molecule has 0 radical (unpaired) electrons. The van der Waals surface area contributed by atoms with E-state index in [1.165, 1.54) is 30.3 Å². The average Bonchev–Trinajstić information content (AvgIpc) is 2.52. The van der Waals surface area contributed by atoms with Crippen LogP contribution in [-0.4, -0.2) is 16.5 Å². The number of amides is 1. The van der Waals surface area contributed by atoms with E-state index < -0.39 is 16.6 Å². The van der Waals surface area contributed by atoms with E-state index in [1.807, 2.05) is 0 Å². The van der Waals surface area contributed by atoms with E-state index in [-0.39, 0.29) is 22.5 Å². The summed E-state index contributed by atoms with van der Waals surface area (Å²) in [6.45, 7) is 1.55. The first-order valence-corrected chi connectivity index (χ1v) is 6.33. The number of nitro groups is 1. The highest BCUT2D eigenvalue weighted by Crippen LogP contribution is 2.13. The highest BCUT2D eigenvalue weighted by Gasteiger charge is 2.11. The number of hydrazone groups is 1. The van der Waals surface area contributed by atoms with Crippen LogP contribution in [0.25, 0.3) is 0 Å². The van der Waals surface area contributed by atoms with Crippen molar-refractivity contribution in [3.63, 3.8) is 0 Å². The zero-order chi connectivity index (χ0) is 16.1. The van der Waals surface area contributed by atoms with Gasteiger partial charge in [0.15, 0.2) is 0 Å². The number of hydrogen-bond donors (Lipinski definition) is 1. The lowest BCUT2D eigenvalue weighted by Gasteiger charge is -2.04. The molecule has 2 aromatic rings. The van der Waals surface area contributed by atoms with Crippen LogP contribution in [0.15, 0.2) is 53.6 Å². The van der Waals surface area contributed by atoms with Gasteiger partial charge in [-0.25, -0.2) is 9.82 Å². The predicted molar refractivity (Wildman–Crippen MR) is 79.2 cm³/mol. The van der Waals surface area contributed by atoms with Gasteiger partial charge in [-0.05, 0) is 19.1 Å². The Labute approximate surface area is 125 Å². The van der Waals surface area contributed by atoms with Gasteiger partial charge in [0.1, 0.15) is 5.82 Å². The second-order valence-electron chi connectivity index (χ2n) is 4.43. The van der Waals surface area contributed by atoms with Gasteiger partial charge in [0, 0.05) is 23.3 Å². The van der Waals surface area contributed by atoms with Gasteiger partial charge in [-0.1, -0.05) is 24.3 Å². The van der Waals surface area contributed by atoms with Crippen LogP contribution in [0.1, 0.15) is 22.8 Å². The maximum absolute atomic E-state index is 13.6. The Balaban J connectivity index is 2.16. The van der Waals surface area contributed by atoms with Crippen molar-refractivity contribution < 1.29 is 14.1 Å². The molecule has 6 nitrogen and oxygen atoms in total. The van der Waals surface area contributed by atoms with Crippen molar-refractivity contribution in [3.8, 4) is 0 Å². The lowest BCUT2D eigenvalue weighted by Crippen LogP contribution is -2.19. The molecule has 0 bridgehead atoms. The molecule has 7 heteroatoms. The van der Waals surface area contributed by atoms with Gasteiger partial charge in [-0.2, -0.15) is 5.10 Å². The summed E-state index contributed by atoms with van der Waals surface area (Å²) in [5.74, 6) is -1.06. The molecule has 0 heterocycles. The number of benzene rings is 2. The summed E-state index contributed by atoms with van der Waals surface area (Å²) in [6, 6.07) is 11.3. The Kier molecular flexibility index (Phi) is 4.57. The summed E-state index contributed by atoms with van der Waals surface area (Å²) in [5.41, 5.74) is 2.71. The minimum Gasteiger partial charge on any atom is -0.267 e. The van der Waals surface area contributed by atoms with Crippen molar-refractivity contribution in [3.05, 3.63) is 75.6 Å². The number of nitro benzene ring substituents is 1. The Hall–Kier alpha value is -3.09. The van der Waals surface area contributed by atoms with Gasteiger partial charge in [-0.15, -0.1) is 0 Å². The van der Waals surface area contributed by atoms with Crippen LogP contribution in [0.4, 0.5) is 10.1 Å². The molecule has 0 unspecified atom stereocenters.